The molecule has 1 amide bonds. The zero-order valence-corrected chi connectivity index (χ0v) is 9.39. The summed E-state index contributed by atoms with van der Waals surface area (Å²) in [4.78, 5) is 11.4. The van der Waals surface area contributed by atoms with Crippen molar-refractivity contribution >= 4 is 33.2 Å². The summed E-state index contributed by atoms with van der Waals surface area (Å²) >= 11 is 3.37. The molecule has 1 aromatic rings. The van der Waals surface area contributed by atoms with Crippen LogP contribution in [0, 0.1) is 5.92 Å². The molecule has 1 unspecified atom stereocenters. The number of carbonyl (C=O) groups is 1. The normalized spacial score (nSPS) is 20.1. The molecule has 4 heteroatoms. The Morgan fingerprint density at radius 2 is 2.29 bits per heavy atom. The molecular formula is C10H11BrN2O. The molecule has 1 aliphatic heterocycles. The lowest BCUT2D eigenvalue weighted by atomic mass is 9.94. The standard InChI is InChI=1S/C10H11BrN2O/c1-5-2-6-3-7(11)8(12)4-9(6)13-10(5)14/h3-5H,2,12H2,1H3,(H,13,14). The van der Waals surface area contributed by atoms with E-state index in [1.54, 1.807) is 6.07 Å². The van der Waals surface area contributed by atoms with E-state index in [2.05, 4.69) is 21.2 Å². The maximum Gasteiger partial charge on any atom is 0.227 e. The molecule has 0 saturated heterocycles. The predicted octanol–water partition coefficient (Wildman–Crippen LogP) is 2.16. The van der Waals surface area contributed by atoms with Crippen LogP contribution in [0.4, 0.5) is 11.4 Å². The average molecular weight is 255 g/mol. The first kappa shape index (κ1) is 9.52. The van der Waals surface area contributed by atoms with Gasteiger partial charge in [0.05, 0.1) is 0 Å². The number of nitrogens with two attached hydrogens (primary N) is 1. The number of benzene rings is 1. The number of amides is 1. The number of nitrogens with one attached hydrogen (secondary N) is 1. The topological polar surface area (TPSA) is 55.1 Å². The molecule has 14 heavy (non-hydrogen) atoms. The van der Waals surface area contributed by atoms with Gasteiger partial charge in [-0.3, -0.25) is 4.79 Å². The SMILES string of the molecule is CC1Cc2cc(Br)c(N)cc2NC1=O. The van der Waals surface area contributed by atoms with Crippen molar-refractivity contribution in [2.45, 2.75) is 13.3 Å². The Morgan fingerprint density at radius 3 is 3.00 bits per heavy atom. The molecule has 1 aromatic carbocycles. The summed E-state index contributed by atoms with van der Waals surface area (Å²) in [6.07, 6.45) is 0.778. The lowest BCUT2D eigenvalue weighted by Gasteiger charge is -2.22. The largest absolute Gasteiger partial charge is 0.398 e. The van der Waals surface area contributed by atoms with Gasteiger partial charge in [0.15, 0.2) is 0 Å². The van der Waals surface area contributed by atoms with Crippen molar-refractivity contribution in [3.8, 4) is 0 Å². The van der Waals surface area contributed by atoms with E-state index in [1.165, 1.54) is 0 Å². The van der Waals surface area contributed by atoms with Gasteiger partial charge in [0, 0.05) is 21.8 Å². The summed E-state index contributed by atoms with van der Waals surface area (Å²) in [5.41, 5.74) is 8.36. The highest BCUT2D eigenvalue weighted by molar-refractivity contribution is 9.10. The Kier molecular flexibility index (Phi) is 2.23. The van der Waals surface area contributed by atoms with Crippen molar-refractivity contribution in [1.82, 2.24) is 0 Å². The number of hydrogen-bond acceptors (Lipinski definition) is 2. The minimum absolute atomic E-state index is 0.0398. The fraction of sp³-hybridized carbons (Fsp3) is 0.300. The van der Waals surface area contributed by atoms with Crippen LogP contribution in [-0.2, 0) is 11.2 Å². The summed E-state index contributed by atoms with van der Waals surface area (Å²) in [5.74, 6) is 0.109. The second-order valence-electron chi connectivity index (χ2n) is 3.63. The third-order valence-electron chi connectivity index (χ3n) is 2.45. The number of hydrogen-bond donors (Lipinski definition) is 2. The predicted molar refractivity (Wildman–Crippen MR) is 60.1 cm³/mol. The number of fused-ring (bicyclic) bond motifs is 1. The van der Waals surface area contributed by atoms with E-state index in [0.29, 0.717) is 5.69 Å². The highest BCUT2D eigenvalue weighted by atomic mass is 79.9. The van der Waals surface area contributed by atoms with Gasteiger partial charge >= 0.3 is 0 Å². The minimum Gasteiger partial charge on any atom is -0.398 e. The molecule has 1 atom stereocenters. The monoisotopic (exact) mass is 254 g/mol. The molecule has 0 saturated carbocycles. The molecule has 74 valence electrons. The number of halogens is 1. The van der Waals surface area contributed by atoms with Gasteiger partial charge in [-0.1, -0.05) is 6.92 Å². The molecule has 0 aromatic heterocycles. The van der Waals surface area contributed by atoms with Gasteiger partial charge in [-0.05, 0) is 40.0 Å². The Morgan fingerprint density at radius 1 is 1.57 bits per heavy atom. The smallest absolute Gasteiger partial charge is 0.227 e. The second-order valence-corrected chi connectivity index (χ2v) is 4.48. The van der Waals surface area contributed by atoms with Crippen molar-refractivity contribution in [2.24, 2.45) is 5.92 Å². The Labute approximate surface area is 90.8 Å². The average Bonchev–Trinajstić information content (AvgIpc) is 2.11. The van der Waals surface area contributed by atoms with E-state index < -0.39 is 0 Å². The van der Waals surface area contributed by atoms with E-state index in [1.807, 2.05) is 13.0 Å². The van der Waals surface area contributed by atoms with Crippen LogP contribution in [0.1, 0.15) is 12.5 Å². The van der Waals surface area contributed by atoms with E-state index in [9.17, 15) is 4.79 Å². The van der Waals surface area contributed by atoms with Crippen LogP contribution < -0.4 is 11.1 Å². The molecule has 0 fully saturated rings. The zero-order chi connectivity index (χ0) is 10.3. The molecule has 1 heterocycles. The first-order valence-corrected chi connectivity index (χ1v) is 5.26. The fourth-order valence-corrected chi connectivity index (χ4v) is 1.99. The van der Waals surface area contributed by atoms with Gasteiger partial charge < -0.3 is 11.1 Å². The molecule has 3 nitrogen and oxygen atoms in total. The zero-order valence-electron chi connectivity index (χ0n) is 7.80. The van der Waals surface area contributed by atoms with Crippen molar-refractivity contribution in [3.05, 3.63) is 22.2 Å². The molecule has 0 bridgehead atoms. The maximum atomic E-state index is 11.4. The number of carbonyl (C=O) groups excluding carboxylic acids is 1. The van der Waals surface area contributed by atoms with Crippen LogP contribution in [0.3, 0.4) is 0 Å². The second kappa shape index (κ2) is 3.28. The Balaban J connectivity index is 2.47. The van der Waals surface area contributed by atoms with Gasteiger partial charge in [-0.15, -0.1) is 0 Å². The van der Waals surface area contributed by atoms with Gasteiger partial charge in [0.1, 0.15) is 0 Å². The van der Waals surface area contributed by atoms with E-state index in [4.69, 9.17) is 5.73 Å². The third kappa shape index (κ3) is 1.50. The Bertz CT molecular complexity index is 403. The first-order chi connectivity index (χ1) is 6.58. The van der Waals surface area contributed by atoms with Crippen LogP contribution in [-0.4, -0.2) is 5.91 Å². The molecule has 0 radical (unpaired) electrons. The fourth-order valence-electron chi connectivity index (χ4n) is 1.59. The summed E-state index contributed by atoms with van der Waals surface area (Å²) in [6.45, 7) is 1.92. The first-order valence-electron chi connectivity index (χ1n) is 4.46. The maximum absolute atomic E-state index is 11.4. The Hall–Kier alpha value is -1.03. The van der Waals surface area contributed by atoms with Crippen molar-refractivity contribution < 1.29 is 4.79 Å². The van der Waals surface area contributed by atoms with Crippen molar-refractivity contribution in [1.29, 1.82) is 0 Å². The number of anilines is 2. The van der Waals surface area contributed by atoms with Crippen LogP contribution in [0.25, 0.3) is 0 Å². The molecule has 3 N–H and O–H groups in total. The molecule has 2 rings (SSSR count). The summed E-state index contributed by atoms with van der Waals surface area (Å²) in [6, 6.07) is 3.77. The number of rotatable bonds is 0. The van der Waals surface area contributed by atoms with Crippen LogP contribution in [0.5, 0.6) is 0 Å². The van der Waals surface area contributed by atoms with E-state index in [0.717, 1.165) is 22.1 Å². The van der Waals surface area contributed by atoms with Crippen molar-refractivity contribution in [3.63, 3.8) is 0 Å². The summed E-state index contributed by atoms with van der Waals surface area (Å²) in [7, 11) is 0. The third-order valence-corrected chi connectivity index (χ3v) is 3.14. The lowest BCUT2D eigenvalue weighted by Crippen LogP contribution is -2.27. The molecule has 1 aliphatic rings. The quantitative estimate of drug-likeness (QED) is 0.698. The molecule has 0 spiro atoms. The highest BCUT2D eigenvalue weighted by Gasteiger charge is 2.22. The lowest BCUT2D eigenvalue weighted by molar-refractivity contribution is -0.119. The van der Waals surface area contributed by atoms with E-state index in [-0.39, 0.29) is 11.8 Å². The minimum atomic E-state index is 0.0398. The summed E-state index contributed by atoms with van der Waals surface area (Å²) < 4.78 is 0.889. The van der Waals surface area contributed by atoms with Gasteiger partial charge in [-0.2, -0.15) is 0 Å². The van der Waals surface area contributed by atoms with E-state index >= 15 is 0 Å². The van der Waals surface area contributed by atoms with Crippen molar-refractivity contribution in [2.75, 3.05) is 11.1 Å². The molecule has 0 aliphatic carbocycles. The van der Waals surface area contributed by atoms with Crippen LogP contribution >= 0.6 is 15.9 Å². The van der Waals surface area contributed by atoms with Crippen LogP contribution in [0.2, 0.25) is 0 Å². The highest BCUT2D eigenvalue weighted by Crippen LogP contribution is 2.32. The van der Waals surface area contributed by atoms with Gasteiger partial charge in [-0.25, -0.2) is 0 Å². The van der Waals surface area contributed by atoms with Gasteiger partial charge in [0.25, 0.3) is 0 Å². The van der Waals surface area contributed by atoms with Gasteiger partial charge in [0.2, 0.25) is 5.91 Å². The van der Waals surface area contributed by atoms with Crippen LogP contribution in [0.15, 0.2) is 16.6 Å². The molecular weight excluding hydrogens is 244 g/mol. The summed E-state index contributed by atoms with van der Waals surface area (Å²) in [5, 5.41) is 2.84. The number of nitrogen functional groups attached to an aromatic ring is 1.